The van der Waals surface area contributed by atoms with Gasteiger partial charge in [-0.2, -0.15) is 0 Å². The zero-order valence-corrected chi connectivity index (χ0v) is 10.6. The molecule has 2 rings (SSSR count). The van der Waals surface area contributed by atoms with Gasteiger partial charge < -0.3 is 5.32 Å². The van der Waals surface area contributed by atoms with Gasteiger partial charge >= 0.3 is 0 Å². The van der Waals surface area contributed by atoms with Crippen molar-refractivity contribution in [2.75, 3.05) is 5.32 Å². The van der Waals surface area contributed by atoms with Crippen molar-refractivity contribution >= 4 is 17.5 Å². The molecule has 88 valence electrons. The normalized spacial score (nSPS) is 10.3. The quantitative estimate of drug-likeness (QED) is 0.904. The highest BCUT2D eigenvalue weighted by Gasteiger charge is 2.05. The van der Waals surface area contributed by atoms with Gasteiger partial charge in [0.25, 0.3) is 0 Å². The van der Waals surface area contributed by atoms with Crippen LogP contribution in [0.25, 0.3) is 0 Å². The van der Waals surface area contributed by atoms with E-state index >= 15 is 0 Å². The van der Waals surface area contributed by atoms with Crippen LogP contribution in [0.4, 0.5) is 5.95 Å². The fraction of sp³-hybridized carbons (Fsp3) is 0.231. The third kappa shape index (κ3) is 2.74. The lowest BCUT2D eigenvalue weighted by molar-refractivity contribution is 1.04. The highest BCUT2D eigenvalue weighted by atomic mass is 35.5. The standard InChI is InChI=1S/C13H14ClN3/c1-9-4-5-11(10(2)12(9)14)8-17-13-15-6-3-7-16-13/h3-7H,8H2,1-2H3,(H,15,16,17). The minimum absolute atomic E-state index is 0.628. The molecule has 0 atom stereocenters. The van der Waals surface area contributed by atoms with E-state index in [2.05, 4.69) is 21.4 Å². The molecule has 0 amide bonds. The van der Waals surface area contributed by atoms with Crippen LogP contribution >= 0.6 is 11.6 Å². The van der Waals surface area contributed by atoms with E-state index in [9.17, 15) is 0 Å². The van der Waals surface area contributed by atoms with Gasteiger partial charge in [-0.15, -0.1) is 0 Å². The Kier molecular flexibility index (Phi) is 3.59. The predicted molar refractivity (Wildman–Crippen MR) is 70.3 cm³/mol. The average Bonchev–Trinajstić information content (AvgIpc) is 2.36. The van der Waals surface area contributed by atoms with Gasteiger partial charge in [0.1, 0.15) is 0 Å². The van der Waals surface area contributed by atoms with E-state index in [0.717, 1.165) is 21.7 Å². The third-order valence-electron chi connectivity index (χ3n) is 2.69. The lowest BCUT2D eigenvalue weighted by atomic mass is 10.1. The maximum atomic E-state index is 6.21. The number of hydrogen-bond acceptors (Lipinski definition) is 3. The molecule has 1 aromatic carbocycles. The maximum Gasteiger partial charge on any atom is 0.222 e. The highest BCUT2D eigenvalue weighted by Crippen LogP contribution is 2.23. The maximum absolute atomic E-state index is 6.21. The molecule has 17 heavy (non-hydrogen) atoms. The lowest BCUT2D eigenvalue weighted by Gasteiger charge is -2.10. The van der Waals surface area contributed by atoms with Crippen molar-refractivity contribution < 1.29 is 0 Å². The Balaban J connectivity index is 2.13. The first kappa shape index (κ1) is 11.9. The Morgan fingerprint density at radius 2 is 1.88 bits per heavy atom. The number of aryl methyl sites for hydroxylation is 1. The second-order valence-electron chi connectivity index (χ2n) is 3.91. The molecule has 0 radical (unpaired) electrons. The Labute approximate surface area is 106 Å². The number of benzene rings is 1. The van der Waals surface area contributed by atoms with Gasteiger partial charge in [0.2, 0.25) is 5.95 Å². The van der Waals surface area contributed by atoms with Gasteiger partial charge in [0, 0.05) is 24.0 Å². The topological polar surface area (TPSA) is 37.8 Å². The van der Waals surface area contributed by atoms with E-state index in [-0.39, 0.29) is 0 Å². The molecular weight excluding hydrogens is 234 g/mol. The summed E-state index contributed by atoms with van der Waals surface area (Å²) in [6.45, 7) is 4.71. The van der Waals surface area contributed by atoms with Crippen molar-refractivity contribution in [3.8, 4) is 0 Å². The van der Waals surface area contributed by atoms with Gasteiger partial charge in [-0.05, 0) is 36.6 Å². The summed E-state index contributed by atoms with van der Waals surface area (Å²) in [5.41, 5.74) is 3.37. The Morgan fingerprint density at radius 3 is 2.59 bits per heavy atom. The van der Waals surface area contributed by atoms with Gasteiger partial charge in [0.15, 0.2) is 0 Å². The smallest absolute Gasteiger partial charge is 0.222 e. The van der Waals surface area contributed by atoms with Crippen molar-refractivity contribution in [1.82, 2.24) is 9.97 Å². The molecule has 4 heteroatoms. The molecular formula is C13H14ClN3. The van der Waals surface area contributed by atoms with Crippen molar-refractivity contribution in [1.29, 1.82) is 0 Å². The van der Waals surface area contributed by atoms with Gasteiger partial charge in [-0.25, -0.2) is 9.97 Å². The van der Waals surface area contributed by atoms with Crippen LogP contribution in [0.2, 0.25) is 5.02 Å². The zero-order chi connectivity index (χ0) is 12.3. The molecule has 0 saturated carbocycles. The summed E-state index contributed by atoms with van der Waals surface area (Å²) >= 11 is 6.21. The number of rotatable bonds is 3. The summed E-state index contributed by atoms with van der Waals surface area (Å²) in [5, 5.41) is 4.00. The van der Waals surface area contributed by atoms with Crippen LogP contribution in [-0.4, -0.2) is 9.97 Å². The molecule has 0 spiro atoms. The van der Waals surface area contributed by atoms with Crippen LogP contribution < -0.4 is 5.32 Å². The van der Waals surface area contributed by atoms with Crippen LogP contribution in [-0.2, 0) is 6.54 Å². The van der Waals surface area contributed by atoms with Crippen LogP contribution in [0.1, 0.15) is 16.7 Å². The van der Waals surface area contributed by atoms with E-state index in [1.807, 2.05) is 19.9 Å². The lowest BCUT2D eigenvalue weighted by Crippen LogP contribution is -2.04. The predicted octanol–water partition coefficient (Wildman–Crippen LogP) is 3.36. The summed E-state index contributed by atoms with van der Waals surface area (Å²) in [4.78, 5) is 8.22. The second kappa shape index (κ2) is 5.15. The monoisotopic (exact) mass is 247 g/mol. The Morgan fingerprint density at radius 1 is 1.18 bits per heavy atom. The number of nitrogens with zero attached hydrogens (tertiary/aromatic N) is 2. The summed E-state index contributed by atoms with van der Waals surface area (Å²) in [5.74, 6) is 0.628. The summed E-state index contributed by atoms with van der Waals surface area (Å²) in [7, 11) is 0. The minimum atomic E-state index is 0.628. The molecule has 0 aliphatic heterocycles. The summed E-state index contributed by atoms with van der Waals surface area (Å²) in [6.07, 6.45) is 3.43. The van der Waals surface area contributed by atoms with Crippen LogP contribution in [0.3, 0.4) is 0 Å². The van der Waals surface area contributed by atoms with Crippen molar-refractivity contribution in [3.05, 3.63) is 52.3 Å². The zero-order valence-electron chi connectivity index (χ0n) is 9.87. The molecule has 0 aliphatic carbocycles. The molecule has 1 aromatic heterocycles. The number of nitrogens with one attached hydrogen (secondary N) is 1. The van der Waals surface area contributed by atoms with Crippen molar-refractivity contribution in [2.24, 2.45) is 0 Å². The Bertz CT molecular complexity index is 512. The number of anilines is 1. The highest BCUT2D eigenvalue weighted by molar-refractivity contribution is 6.32. The molecule has 1 heterocycles. The second-order valence-corrected chi connectivity index (χ2v) is 4.28. The fourth-order valence-electron chi connectivity index (χ4n) is 1.62. The summed E-state index contributed by atoms with van der Waals surface area (Å²) in [6, 6.07) is 5.89. The van der Waals surface area contributed by atoms with E-state index < -0.39 is 0 Å². The first-order chi connectivity index (χ1) is 8.18. The van der Waals surface area contributed by atoms with E-state index in [4.69, 9.17) is 11.6 Å². The number of halogens is 1. The average molecular weight is 248 g/mol. The molecule has 1 N–H and O–H groups in total. The first-order valence-electron chi connectivity index (χ1n) is 5.44. The van der Waals surface area contributed by atoms with Gasteiger partial charge in [-0.1, -0.05) is 23.7 Å². The molecule has 0 bridgehead atoms. The van der Waals surface area contributed by atoms with Gasteiger partial charge in [0.05, 0.1) is 0 Å². The first-order valence-corrected chi connectivity index (χ1v) is 5.82. The molecule has 0 aliphatic rings. The fourth-order valence-corrected chi connectivity index (χ4v) is 1.80. The SMILES string of the molecule is Cc1ccc(CNc2ncccn2)c(C)c1Cl. The van der Waals surface area contributed by atoms with Crippen LogP contribution in [0.15, 0.2) is 30.6 Å². The van der Waals surface area contributed by atoms with E-state index in [1.54, 1.807) is 18.5 Å². The Hall–Kier alpha value is -1.61. The molecule has 0 unspecified atom stereocenters. The number of aromatic nitrogens is 2. The molecule has 3 nitrogen and oxygen atoms in total. The number of hydrogen-bond donors (Lipinski definition) is 1. The molecule has 0 fully saturated rings. The van der Waals surface area contributed by atoms with Crippen molar-refractivity contribution in [3.63, 3.8) is 0 Å². The summed E-state index contributed by atoms with van der Waals surface area (Å²) < 4.78 is 0. The van der Waals surface area contributed by atoms with Gasteiger partial charge in [-0.3, -0.25) is 0 Å². The van der Waals surface area contributed by atoms with E-state index in [1.165, 1.54) is 0 Å². The van der Waals surface area contributed by atoms with Crippen LogP contribution in [0.5, 0.6) is 0 Å². The molecule has 0 saturated heterocycles. The third-order valence-corrected chi connectivity index (χ3v) is 3.28. The van der Waals surface area contributed by atoms with Crippen molar-refractivity contribution in [2.45, 2.75) is 20.4 Å². The minimum Gasteiger partial charge on any atom is -0.350 e. The van der Waals surface area contributed by atoms with E-state index in [0.29, 0.717) is 12.5 Å². The van der Waals surface area contributed by atoms with Crippen LogP contribution in [0, 0.1) is 13.8 Å². The molecule has 2 aromatic rings. The largest absolute Gasteiger partial charge is 0.350 e.